The van der Waals surface area contributed by atoms with Gasteiger partial charge in [0.25, 0.3) is 0 Å². The van der Waals surface area contributed by atoms with Gasteiger partial charge in [-0.3, -0.25) is 0 Å². The van der Waals surface area contributed by atoms with E-state index < -0.39 is 0 Å². The second kappa shape index (κ2) is 5.19. The second-order valence-electron chi connectivity index (χ2n) is 3.72. The van der Waals surface area contributed by atoms with E-state index in [0.29, 0.717) is 11.6 Å². The highest BCUT2D eigenvalue weighted by atomic mass is 35.5. The highest BCUT2D eigenvalue weighted by molar-refractivity contribution is 6.30. The van der Waals surface area contributed by atoms with Crippen LogP contribution in [-0.2, 0) is 0 Å². The van der Waals surface area contributed by atoms with Crippen LogP contribution < -0.4 is 10.5 Å². The van der Waals surface area contributed by atoms with Crippen LogP contribution in [0.1, 0.15) is 25.5 Å². The molecule has 0 saturated carbocycles. The first-order valence-electron chi connectivity index (χ1n) is 4.83. The minimum absolute atomic E-state index is 0.0937. The standard InChI is InChI=1S/C12H16ClNO/c1-8(2)7-15-12-5-4-10(13)6-11(12)9(3)14/h4-6,9H,1,7,14H2,2-3H3/t9-/m1/s1. The second-order valence-corrected chi connectivity index (χ2v) is 4.15. The van der Waals surface area contributed by atoms with E-state index in [1.807, 2.05) is 26.0 Å². The van der Waals surface area contributed by atoms with Crippen LogP contribution in [0.3, 0.4) is 0 Å². The Labute approximate surface area is 95.7 Å². The van der Waals surface area contributed by atoms with Crippen LogP contribution in [0.25, 0.3) is 0 Å². The van der Waals surface area contributed by atoms with Crippen molar-refractivity contribution < 1.29 is 4.74 Å². The normalized spacial score (nSPS) is 12.3. The molecule has 15 heavy (non-hydrogen) atoms. The fourth-order valence-corrected chi connectivity index (χ4v) is 1.39. The van der Waals surface area contributed by atoms with E-state index >= 15 is 0 Å². The van der Waals surface area contributed by atoms with Crippen molar-refractivity contribution in [1.29, 1.82) is 0 Å². The molecular weight excluding hydrogens is 210 g/mol. The summed E-state index contributed by atoms with van der Waals surface area (Å²) in [5.74, 6) is 0.775. The number of hydrogen-bond donors (Lipinski definition) is 1. The number of benzene rings is 1. The molecule has 0 aliphatic heterocycles. The summed E-state index contributed by atoms with van der Waals surface area (Å²) in [5.41, 5.74) is 7.72. The van der Waals surface area contributed by atoms with E-state index in [1.165, 1.54) is 0 Å². The first-order valence-corrected chi connectivity index (χ1v) is 5.20. The lowest BCUT2D eigenvalue weighted by molar-refractivity contribution is 0.347. The molecule has 0 fully saturated rings. The highest BCUT2D eigenvalue weighted by Crippen LogP contribution is 2.27. The minimum Gasteiger partial charge on any atom is -0.489 e. The lowest BCUT2D eigenvalue weighted by Crippen LogP contribution is -2.08. The SMILES string of the molecule is C=C(C)COc1ccc(Cl)cc1[C@@H](C)N. The molecule has 0 aromatic heterocycles. The molecule has 0 saturated heterocycles. The van der Waals surface area contributed by atoms with Crippen molar-refractivity contribution in [2.45, 2.75) is 19.9 Å². The van der Waals surface area contributed by atoms with E-state index in [2.05, 4.69) is 6.58 Å². The van der Waals surface area contributed by atoms with Crippen molar-refractivity contribution in [3.8, 4) is 5.75 Å². The fourth-order valence-electron chi connectivity index (χ4n) is 1.21. The first-order chi connectivity index (χ1) is 7.00. The molecule has 3 heteroatoms. The molecule has 0 spiro atoms. The topological polar surface area (TPSA) is 35.2 Å². The van der Waals surface area contributed by atoms with Crippen LogP contribution in [0.2, 0.25) is 5.02 Å². The Morgan fingerprint density at radius 2 is 2.27 bits per heavy atom. The number of halogens is 1. The van der Waals surface area contributed by atoms with Gasteiger partial charge in [-0.1, -0.05) is 18.2 Å². The molecule has 1 aromatic rings. The van der Waals surface area contributed by atoms with Gasteiger partial charge in [0.15, 0.2) is 0 Å². The van der Waals surface area contributed by atoms with E-state index in [0.717, 1.165) is 16.9 Å². The lowest BCUT2D eigenvalue weighted by atomic mass is 10.1. The van der Waals surface area contributed by atoms with Crippen molar-refractivity contribution in [1.82, 2.24) is 0 Å². The maximum atomic E-state index is 5.89. The summed E-state index contributed by atoms with van der Waals surface area (Å²) in [5, 5.41) is 0.671. The zero-order chi connectivity index (χ0) is 11.4. The molecule has 2 nitrogen and oxygen atoms in total. The Hall–Kier alpha value is -0.990. The van der Waals surface area contributed by atoms with Gasteiger partial charge in [-0.2, -0.15) is 0 Å². The van der Waals surface area contributed by atoms with Gasteiger partial charge in [-0.25, -0.2) is 0 Å². The molecule has 0 bridgehead atoms. The van der Waals surface area contributed by atoms with Gasteiger partial charge in [0.05, 0.1) is 0 Å². The van der Waals surface area contributed by atoms with Crippen molar-refractivity contribution in [2.24, 2.45) is 5.73 Å². The van der Waals surface area contributed by atoms with Gasteiger partial charge < -0.3 is 10.5 Å². The molecular formula is C12H16ClNO. The van der Waals surface area contributed by atoms with Gasteiger partial charge in [0.2, 0.25) is 0 Å². The van der Waals surface area contributed by atoms with Gasteiger partial charge in [-0.15, -0.1) is 0 Å². The van der Waals surface area contributed by atoms with Crippen molar-refractivity contribution >= 4 is 11.6 Å². The quantitative estimate of drug-likeness (QED) is 0.798. The molecule has 0 unspecified atom stereocenters. The Balaban J connectivity index is 2.90. The smallest absolute Gasteiger partial charge is 0.124 e. The third kappa shape index (κ3) is 3.57. The van der Waals surface area contributed by atoms with Crippen LogP contribution in [0, 0.1) is 0 Å². The Kier molecular flexibility index (Phi) is 4.18. The predicted molar refractivity (Wildman–Crippen MR) is 64.4 cm³/mol. The van der Waals surface area contributed by atoms with Crippen molar-refractivity contribution in [3.05, 3.63) is 40.9 Å². The van der Waals surface area contributed by atoms with Crippen LogP contribution >= 0.6 is 11.6 Å². The number of rotatable bonds is 4. The number of hydrogen-bond acceptors (Lipinski definition) is 2. The summed E-state index contributed by atoms with van der Waals surface area (Å²) in [7, 11) is 0. The fraction of sp³-hybridized carbons (Fsp3) is 0.333. The molecule has 0 aliphatic rings. The van der Waals surface area contributed by atoms with E-state index in [1.54, 1.807) is 6.07 Å². The maximum Gasteiger partial charge on any atom is 0.124 e. The molecule has 0 radical (unpaired) electrons. The zero-order valence-electron chi connectivity index (χ0n) is 9.09. The molecule has 1 aromatic carbocycles. The third-order valence-electron chi connectivity index (χ3n) is 1.94. The highest BCUT2D eigenvalue weighted by Gasteiger charge is 2.08. The lowest BCUT2D eigenvalue weighted by Gasteiger charge is -2.14. The van der Waals surface area contributed by atoms with Gasteiger partial charge in [-0.05, 0) is 37.6 Å². The molecule has 1 atom stereocenters. The maximum absolute atomic E-state index is 5.89. The van der Waals surface area contributed by atoms with Gasteiger partial charge in [0, 0.05) is 16.6 Å². The minimum atomic E-state index is -0.0937. The summed E-state index contributed by atoms with van der Waals surface area (Å²) < 4.78 is 5.58. The first kappa shape index (κ1) is 12.1. The Morgan fingerprint density at radius 3 is 2.80 bits per heavy atom. The molecule has 1 rings (SSSR count). The monoisotopic (exact) mass is 225 g/mol. The predicted octanol–water partition coefficient (Wildman–Crippen LogP) is 3.31. The summed E-state index contributed by atoms with van der Waals surface area (Å²) in [6, 6.07) is 5.37. The van der Waals surface area contributed by atoms with Crippen LogP contribution in [0.4, 0.5) is 0 Å². The molecule has 0 aliphatic carbocycles. The van der Waals surface area contributed by atoms with Crippen LogP contribution in [-0.4, -0.2) is 6.61 Å². The van der Waals surface area contributed by atoms with E-state index in [-0.39, 0.29) is 6.04 Å². The molecule has 0 amide bonds. The largest absolute Gasteiger partial charge is 0.489 e. The molecule has 82 valence electrons. The average molecular weight is 226 g/mol. The summed E-state index contributed by atoms with van der Waals surface area (Å²) >= 11 is 5.89. The zero-order valence-corrected chi connectivity index (χ0v) is 9.84. The van der Waals surface area contributed by atoms with E-state index in [4.69, 9.17) is 22.1 Å². The van der Waals surface area contributed by atoms with Crippen LogP contribution in [0.15, 0.2) is 30.4 Å². The average Bonchev–Trinajstić information content (AvgIpc) is 2.15. The van der Waals surface area contributed by atoms with Gasteiger partial charge in [0.1, 0.15) is 12.4 Å². The summed E-state index contributed by atoms with van der Waals surface area (Å²) in [4.78, 5) is 0. The van der Waals surface area contributed by atoms with Gasteiger partial charge >= 0.3 is 0 Å². The van der Waals surface area contributed by atoms with E-state index in [9.17, 15) is 0 Å². The number of ether oxygens (including phenoxy) is 1. The van der Waals surface area contributed by atoms with Crippen LogP contribution in [0.5, 0.6) is 5.75 Å². The van der Waals surface area contributed by atoms with Crippen molar-refractivity contribution in [2.75, 3.05) is 6.61 Å². The molecule has 0 heterocycles. The summed E-state index contributed by atoms with van der Waals surface area (Å²) in [6.45, 7) is 8.10. The van der Waals surface area contributed by atoms with Crippen molar-refractivity contribution in [3.63, 3.8) is 0 Å². The number of nitrogens with two attached hydrogens (primary N) is 1. The third-order valence-corrected chi connectivity index (χ3v) is 2.17. The Morgan fingerprint density at radius 1 is 1.60 bits per heavy atom. The molecule has 2 N–H and O–H groups in total. The Bertz CT molecular complexity index is 361. The summed E-state index contributed by atoms with van der Waals surface area (Å²) in [6.07, 6.45) is 0.